The Hall–Kier alpha value is -4.80. The molecule has 0 bridgehead atoms. The second-order valence-corrected chi connectivity index (χ2v) is 11.5. The number of nitriles is 2. The number of fused-ring (bicyclic) bond motifs is 1. The molecule has 1 aliphatic carbocycles. The van der Waals surface area contributed by atoms with Gasteiger partial charge in [-0.25, -0.2) is 0 Å². The van der Waals surface area contributed by atoms with Crippen molar-refractivity contribution >= 4 is 28.2 Å². The lowest BCUT2D eigenvalue weighted by Gasteiger charge is -2.23. The van der Waals surface area contributed by atoms with Gasteiger partial charge in [-0.3, -0.25) is 14.8 Å². The van der Waals surface area contributed by atoms with Crippen molar-refractivity contribution < 1.29 is 4.79 Å². The van der Waals surface area contributed by atoms with Crippen LogP contribution >= 0.6 is 0 Å². The maximum atomic E-state index is 11.9. The summed E-state index contributed by atoms with van der Waals surface area (Å²) in [6.07, 6.45) is 11.2. The first kappa shape index (κ1) is 29.2. The molecule has 1 aromatic heterocycles. The van der Waals surface area contributed by atoms with Gasteiger partial charge in [-0.1, -0.05) is 45.6 Å². The van der Waals surface area contributed by atoms with E-state index in [1.165, 1.54) is 6.20 Å². The third-order valence-corrected chi connectivity index (χ3v) is 6.79. The lowest BCUT2D eigenvalue weighted by molar-refractivity contribution is -0.116. The van der Waals surface area contributed by atoms with Gasteiger partial charge in [-0.2, -0.15) is 10.5 Å². The van der Waals surface area contributed by atoms with E-state index in [0.29, 0.717) is 51.6 Å². The Morgan fingerprint density at radius 3 is 2.63 bits per heavy atom. The van der Waals surface area contributed by atoms with Crippen LogP contribution in [0.25, 0.3) is 10.9 Å². The zero-order valence-corrected chi connectivity index (χ0v) is 24.2. The smallest absolute Gasteiger partial charge is 0.246 e. The third kappa shape index (κ3) is 7.05. The molecule has 1 aliphatic heterocycles. The van der Waals surface area contributed by atoms with E-state index in [1.807, 2.05) is 18.3 Å². The molecule has 2 aliphatic rings. The topological polar surface area (TPSA) is 141 Å². The highest BCUT2D eigenvalue weighted by molar-refractivity contribution is 5.99. The first-order chi connectivity index (χ1) is 19.5. The Bertz CT molecular complexity index is 1530. The fourth-order valence-corrected chi connectivity index (χ4v) is 4.36. The van der Waals surface area contributed by atoms with Gasteiger partial charge in [0.1, 0.15) is 12.1 Å². The van der Waals surface area contributed by atoms with Gasteiger partial charge in [0.25, 0.3) is 0 Å². The molecule has 1 atom stereocenters. The summed E-state index contributed by atoms with van der Waals surface area (Å²) >= 11 is 0. The number of allylic oxidation sites excluding steroid dienone is 2. The van der Waals surface area contributed by atoms with Crippen LogP contribution in [0.15, 0.2) is 66.2 Å². The summed E-state index contributed by atoms with van der Waals surface area (Å²) in [5.41, 5.74) is 11.2. The Labute approximate surface area is 241 Å². The molecule has 5 N–H and O–H groups in total. The van der Waals surface area contributed by atoms with Gasteiger partial charge in [0, 0.05) is 48.7 Å². The van der Waals surface area contributed by atoms with Gasteiger partial charge in [0.2, 0.25) is 5.91 Å². The van der Waals surface area contributed by atoms with Crippen LogP contribution in [0.5, 0.6) is 0 Å². The van der Waals surface area contributed by atoms with E-state index in [2.05, 4.69) is 76.4 Å². The molecule has 4 rings (SSSR count). The van der Waals surface area contributed by atoms with E-state index >= 15 is 0 Å². The van der Waals surface area contributed by atoms with Gasteiger partial charge in [-0.15, -0.1) is 5.53 Å². The molecule has 2 aromatic rings. The molecule has 1 fully saturated rings. The average Bonchev–Trinajstić information content (AvgIpc) is 3.69. The highest BCUT2D eigenvalue weighted by Crippen LogP contribution is 2.33. The number of hydrogen-bond acceptors (Lipinski definition) is 9. The monoisotopic (exact) mass is 551 g/mol. The fourth-order valence-electron chi connectivity index (χ4n) is 4.36. The van der Waals surface area contributed by atoms with E-state index in [0.717, 1.165) is 24.1 Å². The van der Waals surface area contributed by atoms with Crippen LogP contribution in [-0.4, -0.2) is 41.6 Å². The van der Waals surface area contributed by atoms with Crippen molar-refractivity contribution in [3.8, 4) is 12.1 Å². The van der Waals surface area contributed by atoms with Crippen LogP contribution in [0.3, 0.4) is 0 Å². The molecule has 1 aromatic carbocycles. The second kappa shape index (κ2) is 12.2. The van der Waals surface area contributed by atoms with Crippen LogP contribution in [0.1, 0.15) is 51.7 Å². The summed E-state index contributed by atoms with van der Waals surface area (Å²) in [5.74, 6) is -0.152. The fraction of sp³-hybridized carbons (Fsp3) is 0.355. The summed E-state index contributed by atoms with van der Waals surface area (Å²) < 4.78 is 0. The highest BCUT2D eigenvalue weighted by atomic mass is 16.1. The standard InChI is InChI=1S/C31H37N9O/c1-19(8-7-9-20(2)30(41)34-6)27(26-17-40(39-38-26)24-10-11-24)37-23-12-21(14-32)28-25(13-23)29(22(15-33)16-35-28)36-18-31(3,4)5/h7-9,12-13,16-17,24,27,37-39H,1,10-11,18H2,2-6H3,(H,34,41)(H,35,36)/b8-7-,20-9+/t27-/m0/s1. The molecular weight excluding hydrogens is 514 g/mol. The van der Waals surface area contributed by atoms with Crippen molar-refractivity contribution in [2.45, 2.75) is 52.6 Å². The Kier molecular flexibility index (Phi) is 8.65. The van der Waals surface area contributed by atoms with Gasteiger partial charge in [-0.05, 0) is 42.9 Å². The number of aromatic nitrogens is 1. The van der Waals surface area contributed by atoms with Crippen molar-refractivity contribution in [1.29, 1.82) is 10.5 Å². The molecule has 0 saturated heterocycles. The maximum absolute atomic E-state index is 11.9. The van der Waals surface area contributed by atoms with E-state index in [1.54, 1.807) is 32.2 Å². The zero-order valence-electron chi connectivity index (χ0n) is 24.2. The quantitative estimate of drug-likeness (QED) is 0.215. The lowest BCUT2D eigenvalue weighted by atomic mass is 9.96. The van der Waals surface area contributed by atoms with Crippen molar-refractivity contribution in [1.82, 2.24) is 26.3 Å². The lowest BCUT2D eigenvalue weighted by Crippen LogP contribution is -2.40. The van der Waals surface area contributed by atoms with Crippen molar-refractivity contribution in [3.05, 3.63) is 77.3 Å². The predicted octanol–water partition coefficient (Wildman–Crippen LogP) is 4.35. The highest BCUT2D eigenvalue weighted by Gasteiger charge is 2.32. The van der Waals surface area contributed by atoms with Crippen molar-refractivity contribution in [2.24, 2.45) is 5.41 Å². The van der Waals surface area contributed by atoms with E-state index in [4.69, 9.17) is 0 Å². The Balaban J connectivity index is 1.74. The number of nitrogens with zero attached hydrogens (tertiary/aromatic N) is 4. The first-order valence-electron chi connectivity index (χ1n) is 13.6. The number of anilines is 2. The molecule has 10 heteroatoms. The van der Waals surface area contributed by atoms with Crippen LogP contribution in [0.2, 0.25) is 0 Å². The summed E-state index contributed by atoms with van der Waals surface area (Å²) in [5, 5.41) is 32.2. The van der Waals surface area contributed by atoms with E-state index in [9.17, 15) is 15.3 Å². The number of hydrogen-bond donors (Lipinski definition) is 5. The van der Waals surface area contributed by atoms with Gasteiger partial charge in [0.15, 0.2) is 0 Å². The SMILES string of the molecule is C=C(/C=C\C=C(/C)C(=O)NC)[C@H](Nc1cc(C#N)c2ncc(C#N)c(NCC(C)(C)C)c2c1)C1=CN(C2CC2)NN1. The maximum Gasteiger partial charge on any atom is 0.246 e. The Morgan fingerprint density at radius 2 is 2.00 bits per heavy atom. The Morgan fingerprint density at radius 1 is 1.27 bits per heavy atom. The minimum Gasteiger partial charge on any atom is -0.383 e. The number of amides is 1. The summed E-state index contributed by atoms with van der Waals surface area (Å²) in [4.78, 5) is 16.3. The van der Waals surface area contributed by atoms with Crippen molar-refractivity contribution in [3.63, 3.8) is 0 Å². The van der Waals surface area contributed by atoms with E-state index < -0.39 is 6.04 Å². The number of pyridine rings is 1. The van der Waals surface area contributed by atoms with Crippen LogP contribution < -0.4 is 26.9 Å². The van der Waals surface area contributed by atoms with Gasteiger partial charge < -0.3 is 21.4 Å². The summed E-state index contributed by atoms with van der Waals surface area (Å²) in [6, 6.07) is 8.23. The number of carbonyl (C=O) groups is 1. The number of nitrogens with one attached hydrogen (secondary N) is 5. The van der Waals surface area contributed by atoms with Gasteiger partial charge in [0.05, 0.1) is 34.1 Å². The summed E-state index contributed by atoms with van der Waals surface area (Å²) in [6.45, 7) is 13.0. The molecule has 1 saturated carbocycles. The minimum absolute atomic E-state index is 0.0307. The summed E-state index contributed by atoms with van der Waals surface area (Å²) in [7, 11) is 1.59. The first-order valence-corrected chi connectivity index (χ1v) is 13.6. The molecule has 0 radical (unpaired) electrons. The number of carbonyl (C=O) groups excluding carboxylic acids is 1. The molecule has 212 valence electrons. The zero-order chi connectivity index (χ0) is 29.7. The third-order valence-electron chi connectivity index (χ3n) is 6.79. The molecule has 1 amide bonds. The molecule has 2 heterocycles. The normalized spacial score (nSPS) is 16.0. The van der Waals surface area contributed by atoms with Crippen LogP contribution in [0.4, 0.5) is 11.4 Å². The minimum atomic E-state index is -0.390. The molecule has 0 spiro atoms. The number of benzene rings is 1. The van der Waals surface area contributed by atoms with Crippen LogP contribution in [0, 0.1) is 28.1 Å². The largest absolute Gasteiger partial charge is 0.383 e. The number of likely N-dealkylation sites (N-methyl/N-ethyl adjacent to an activating group) is 1. The number of hydrazine groups is 2. The second-order valence-electron chi connectivity index (χ2n) is 11.5. The molecule has 0 unspecified atom stereocenters. The van der Waals surface area contributed by atoms with E-state index in [-0.39, 0.29) is 11.3 Å². The predicted molar refractivity (Wildman–Crippen MR) is 162 cm³/mol. The average molecular weight is 552 g/mol. The molecular formula is C31H37N9O. The molecule has 41 heavy (non-hydrogen) atoms. The molecule has 10 nitrogen and oxygen atoms in total. The van der Waals surface area contributed by atoms with Crippen LogP contribution in [-0.2, 0) is 4.79 Å². The van der Waals surface area contributed by atoms with Crippen molar-refractivity contribution in [2.75, 3.05) is 24.2 Å². The van der Waals surface area contributed by atoms with Gasteiger partial charge >= 0.3 is 0 Å². The number of rotatable bonds is 10.